The van der Waals surface area contributed by atoms with Gasteiger partial charge in [0.15, 0.2) is 0 Å². The molecule has 0 unspecified atom stereocenters. The highest BCUT2D eigenvalue weighted by molar-refractivity contribution is 6.76. The third kappa shape index (κ3) is 4.42. The Labute approximate surface area is 164 Å². The molecule has 3 heterocycles. The molecule has 0 bridgehead atoms. The van der Waals surface area contributed by atoms with E-state index in [1.54, 1.807) is 13.1 Å². The Kier molecular flexibility index (Phi) is 5.85. The van der Waals surface area contributed by atoms with E-state index in [1.165, 1.54) is 6.20 Å². The molecule has 0 amide bonds. The highest BCUT2D eigenvalue weighted by Gasteiger charge is 2.19. The smallest absolute Gasteiger partial charge is 0.375 e. The molecule has 3 aromatic heterocycles. The van der Waals surface area contributed by atoms with Gasteiger partial charge in [-0.3, -0.25) is 0 Å². The third-order valence-corrected chi connectivity index (χ3v) is 5.97. The minimum atomic E-state index is -1.12. The Hall–Kier alpha value is -2.65. The van der Waals surface area contributed by atoms with Crippen molar-refractivity contribution in [3.8, 4) is 11.5 Å². The van der Waals surface area contributed by atoms with Crippen LogP contribution in [-0.2, 0) is 16.2 Å². The number of esters is 1. The van der Waals surface area contributed by atoms with Crippen molar-refractivity contribution in [2.75, 3.05) is 18.9 Å². The van der Waals surface area contributed by atoms with Crippen LogP contribution in [0.3, 0.4) is 0 Å². The van der Waals surface area contributed by atoms with Crippen LogP contribution >= 0.6 is 0 Å². The largest absolute Gasteiger partial charge is 0.460 e. The van der Waals surface area contributed by atoms with E-state index >= 15 is 0 Å². The van der Waals surface area contributed by atoms with Crippen LogP contribution in [0.15, 0.2) is 29.1 Å². The summed E-state index contributed by atoms with van der Waals surface area (Å²) in [4.78, 5) is 20.4. The van der Waals surface area contributed by atoms with E-state index < -0.39 is 14.0 Å². The second kappa shape index (κ2) is 8.15. The van der Waals surface area contributed by atoms with Crippen LogP contribution in [0.5, 0.6) is 0 Å². The Morgan fingerprint density at radius 3 is 2.79 bits per heavy atom. The lowest BCUT2D eigenvalue weighted by molar-refractivity contribution is 0.0491. The summed E-state index contributed by atoms with van der Waals surface area (Å²) in [5.41, 5.74) is 8.06. The molecule has 3 rings (SSSR count). The molecule has 150 valence electrons. The maximum absolute atomic E-state index is 11.8. The lowest BCUT2D eigenvalue weighted by Gasteiger charge is -2.15. The fourth-order valence-electron chi connectivity index (χ4n) is 2.67. The predicted octanol–water partition coefficient (Wildman–Crippen LogP) is 3.76. The number of aromatic nitrogens is 3. The number of oxazole rings is 1. The molecule has 0 aliphatic rings. The third-order valence-electron chi connectivity index (χ3n) is 4.27. The maximum atomic E-state index is 11.8. The molecule has 8 nitrogen and oxygen atoms in total. The quantitative estimate of drug-likeness (QED) is 0.347. The first kappa shape index (κ1) is 20.1. The molecule has 0 radical (unpaired) electrons. The summed E-state index contributed by atoms with van der Waals surface area (Å²) in [5, 5.41) is 0.780. The van der Waals surface area contributed by atoms with Gasteiger partial charge in [0, 0.05) is 32.5 Å². The van der Waals surface area contributed by atoms with Gasteiger partial charge >= 0.3 is 5.97 Å². The number of pyridine rings is 1. The fraction of sp³-hybridized carbons (Fsp3) is 0.421. The van der Waals surface area contributed by atoms with Gasteiger partial charge in [0.2, 0.25) is 11.7 Å². The molecule has 3 aromatic rings. The van der Waals surface area contributed by atoms with Gasteiger partial charge in [-0.2, -0.15) is 0 Å². The number of hydrogen-bond acceptors (Lipinski definition) is 7. The van der Waals surface area contributed by atoms with E-state index in [0.717, 1.165) is 23.7 Å². The number of ether oxygens (including phenoxy) is 2. The van der Waals surface area contributed by atoms with E-state index in [1.807, 2.05) is 16.8 Å². The zero-order valence-electron chi connectivity index (χ0n) is 16.7. The Bertz CT molecular complexity index is 974. The number of nitrogen functional groups attached to an aromatic ring is 1. The van der Waals surface area contributed by atoms with Crippen LogP contribution in [-0.4, -0.2) is 41.8 Å². The minimum absolute atomic E-state index is 0.0321. The molecule has 28 heavy (non-hydrogen) atoms. The first-order chi connectivity index (χ1) is 13.3. The number of nitrogens with two attached hydrogens (primary N) is 1. The summed E-state index contributed by atoms with van der Waals surface area (Å²) >= 11 is 0. The maximum Gasteiger partial charge on any atom is 0.375 e. The number of carbonyl (C=O) groups is 1. The molecule has 0 fully saturated rings. The first-order valence-electron chi connectivity index (χ1n) is 9.24. The number of rotatable bonds is 8. The van der Waals surface area contributed by atoms with Crippen LogP contribution in [0.4, 0.5) is 5.69 Å². The Morgan fingerprint density at radius 1 is 1.29 bits per heavy atom. The lowest BCUT2D eigenvalue weighted by Crippen LogP contribution is -2.22. The summed E-state index contributed by atoms with van der Waals surface area (Å²) in [6.45, 7) is 10.1. The Balaban J connectivity index is 1.78. The monoisotopic (exact) mass is 402 g/mol. The van der Waals surface area contributed by atoms with Crippen LogP contribution < -0.4 is 5.73 Å². The van der Waals surface area contributed by atoms with Crippen molar-refractivity contribution < 1.29 is 18.7 Å². The number of fused-ring (bicyclic) bond motifs is 1. The highest BCUT2D eigenvalue weighted by atomic mass is 28.3. The van der Waals surface area contributed by atoms with Gasteiger partial charge in [0.05, 0.1) is 24.1 Å². The minimum Gasteiger partial charge on any atom is -0.460 e. The summed E-state index contributed by atoms with van der Waals surface area (Å²) < 4.78 is 18.1. The summed E-state index contributed by atoms with van der Waals surface area (Å²) in [5.74, 6) is -0.297. The van der Waals surface area contributed by atoms with E-state index in [9.17, 15) is 4.79 Å². The molecule has 0 spiro atoms. The standard InChI is InChI=1S/C19H26N4O4Si/c1-5-26-19(24)15-11-22-18(27-15)14-10-21-17-13(16(14)20)6-7-23(17)12-25-8-9-28(2,3)4/h6-7,10-11H,5,8-9,12H2,1-4H3,(H2,20,21). The molecular formula is C19H26N4O4Si. The predicted molar refractivity (Wildman–Crippen MR) is 110 cm³/mol. The first-order valence-corrected chi connectivity index (χ1v) is 12.9. The van der Waals surface area contributed by atoms with Crippen molar-refractivity contribution in [3.63, 3.8) is 0 Å². The van der Waals surface area contributed by atoms with E-state index in [2.05, 4.69) is 29.6 Å². The van der Waals surface area contributed by atoms with Gasteiger partial charge in [-0.1, -0.05) is 19.6 Å². The molecule has 0 aliphatic carbocycles. The molecule has 0 aliphatic heterocycles. The van der Waals surface area contributed by atoms with Gasteiger partial charge in [-0.05, 0) is 19.0 Å². The normalized spacial score (nSPS) is 11.9. The second-order valence-corrected chi connectivity index (χ2v) is 13.3. The zero-order chi connectivity index (χ0) is 20.3. The van der Waals surface area contributed by atoms with Crippen molar-refractivity contribution in [1.29, 1.82) is 0 Å². The van der Waals surface area contributed by atoms with Crippen molar-refractivity contribution >= 4 is 30.8 Å². The molecule has 2 N–H and O–H groups in total. The molecular weight excluding hydrogens is 376 g/mol. The van der Waals surface area contributed by atoms with Gasteiger partial charge in [-0.15, -0.1) is 0 Å². The van der Waals surface area contributed by atoms with Crippen molar-refractivity contribution in [3.05, 3.63) is 30.4 Å². The van der Waals surface area contributed by atoms with Crippen LogP contribution in [0.1, 0.15) is 17.5 Å². The molecule has 0 saturated carbocycles. The summed E-state index contributed by atoms with van der Waals surface area (Å²) in [7, 11) is -1.12. The summed E-state index contributed by atoms with van der Waals surface area (Å²) in [6, 6.07) is 3.00. The van der Waals surface area contributed by atoms with Crippen molar-refractivity contribution in [2.24, 2.45) is 0 Å². The van der Waals surface area contributed by atoms with Gasteiger partial charge in [-0.25, -0.2) is 14.8 Å². The van der Waals surface area contributed by atoms with Gasteiger partial charge in [0.25, 0.3) is 0 Å². The average molecular weight is 403 g/mol. The van der Waals surface area contributed by atoms with E-state index in [4.69, 9.17) is 19.6 Å². The molecule has 9 heteroatoms. The highest BCUT2D eigenvalue weighted by Crippen LogP contribution is 2.31. The van der Waals surface area contributed by atoms with Crippen molar-refractivity contribution in [1.82, 2.24) is 14.5 Å². The van der Waals surface area contributed by atoms with Gasteiger partial charge in [0.1, 0.15) is 12.4 Å². The lowest BCUT2D eigenvalue weighted by atomic mass is 10.2. The number of hydrogen-bond donors (Lipinski definition) is 1. The van der Waals surface area contributed by atoms with Crippen LogP contribution in [0.2, 0.25) is 25.7 Å². The van der Waals surface area contributed by atoms with E-state index in [0.29, 0.717) is 18.0 Å². The number of anilines is 1. The SMILES string of the molecule is CCOC(=O)c1cnc(-c2cnc3c(ccn3COCC[Si](C)(C)C)c2N)o1. The molecule has 0 aromatic carbocycles. The van der Waals surface area contributed by atoms with Crippen LogP contribution in [0, 0.1) is 0 Å². The van der Waals surface area contributed by atoms with Gasteiger partial charge < -0.3 is 24.2 Å². The molecule has 0 atom stereocenters. The van der Waals surface area contributed by atoms with E-state index in [-0.39, 0.29) is 18.3 Å². The number of carbonyl (C=O) groups excluding carboxylic acids is 1. The second-order valence-electron chi connectivity index (χ2n) is 7.71. The fourth-order valence-corrected chi connectivity index (χ4v) is 3.43. The zero-order valence-corrected chi connectivity index (χ0v) is 17.7. The average Bonchev–Trinajstić information content (AvgIpc) is 3.26. The van der Waals surface area contributed by atoms with Crippen molar-refractivity contribution in [2.45, 2.75) is 39.3 Å². The number of nitrogens with zero attached hydrogens (tertiary/aromatic N) is 3. The Morgan fingerprint density at radius 2 is 2.07 bits per heavy atom. The topological polar surface area (TPSA) is 105 Å². The molecule has 0 saturated heterocycles. The van der Waals surface area contributed by atoms with Crippen LogP contribution in [0.25, 0.3) is 22.5 Å². The summed E-state index contributed by atoms with van der Waals surface area (Å²) in [6.07, 6.45) is 4.82.